The molecule has 6 heteroatoms. The summed E-state index contributed by atoms with van der Waals surface area (Å²) in [5, 5.41) is 0. The monoisotopic (exact) mass is 403 g/mol. The average Bonchev–Trinajstić information content (AvgIpc) is 3.34. The topological polar surface area (TPSA) is 64.0 Å². The number of aromatic nitrogens is 1. The Morgan fingerprint density at radius 1 is 0.967 bits per heavy atom. The van der Waals surface area contributed by atoms with E-state index in [0.29, 0.717) is 18.9 Å². The van der Waals surface area contributed by atoms with Crippen molar-refractivity contribution in [2.75, 3.05) is 13.1 Å². The highest BCUT2D eigenvalue weighted by Gasteiger charge is 2.54. The van der Waals surface area contributed by atoms with Gasteiger partial charge in [0.05, 0.1) is 11.3 Å². The third kappa shape index (κ3) is 2.43. The lowest BCUT2D eigenvalue weighted by Gasteiger charge is -2.41. The van der Waals surface area contributed by atoms with E-state index in [9.17, 15) is 4.79 Å². The van der Waals surface area contributed by atoms with Crippen molar-refractivity contribution in [1.29, 1.82) is 0 Å². The van der Waals surface area contributed by atoms with Crippen LogP contribution in [0.4, 0.5) is 0 Å². The summed E-state index contributed by atoms with van der Waals surface area (Å²) in [4.78, 5) is 23.9. The fraction of sp³-hybridized carbons (Fsp3) is 0.458. The number of hydrogen-bond acceptors (Lipinski definition) is 5. The minimum Gasteiger partial charge on any atom is -0.447 e. The van der Waals surface area contributed by atoms with Gasteiger partial charge in [0, 0.05) is 37.7 Å². The molecule has 154 valence electrons. The van der Waals surface area contributed by atoms with Gasteiger partial charge in [-0.2, -0.15) is 4.99 Å². The van der Waals surface area contributed by atoms with Crippen LogP contribution in [0.2, 0.25) is 0 Å². The third-order valence-electron chi connectivity index (χ3n) is 7.11. The van der Waals surface area contributed by atoms with E-state index in [-0.39, 0.29) is 11.5 Å². The molecule has 3 aliphatic heterocycles. The first kappa shape index (κ1) is 18.1. The van der Waals surface area contributed by atoms with Crippen LogP contribution >= 0.6 is 0 Å². The van der Waals surface area contributed by atoms with Gasteiger partial charge in [0.15, 0.2) is 0 Å². The van der Waals surface area contributed by atoms with Crippen molar-refractivity contribution in [1.82, 2.24) is 9.88 Å². The van der Waals surface area contributed by atoms with Gasteiger partial charge in [0.25, 0.3) is 11.9 Å². The molecular formula is C24H25N3O3. The van der Waals surface area contributed by atoms with Gasteiger partial charge in [-0.25, -0.2) is 0 Å². The lowest BCUT2D eigenvalue weighted by atomic mass is 9.84. The lowest BCUT2D eigenvalue weighted by molar-refractivity contribution is -0.148. The summed E-state index contributed by atoms with van der Waals surface area (Å²) in [7, 11) is 0. The molecule has 1 aromatic carbocycles. The van der Waals surface area contributed by atoms with Crippen molar-refractivity contribution in [3.8, 4) is 0 Å². The maximum Gasteiger partial charge on any atom is 0.296 e. The van der Waals surface area contributed by atoms with E-state index in [0.717, 1.165) is 31.6 Å². The molecule has 0 atom stereocenters. The summed E-state index contributed by atoms with van der Waals surface area (Å²) < 4.78 is 12.9. The first-order valence-corrected chi connectivity index (χ1v) is 10.7. The van der Waals surface area contributed by atoms with E-state index in [4.69, 9.17) is 9.47 Å². The van der Waals surface area contributed by atoms with Crippen LogP contribution in [0, 0.1) is 0 Å². The van der Waals surface area contributed by atoms with Gasteiger partial charge >= 0.3 is 0 Å². The van der Waals surface area contributed by atoms with E-state index >= 15 is 0 Å². The Balaban J connectivity index is 1.20. The maximum absolute atomic E-state index is 12.8. The maximum atomic E-state index is 12.8. The van der Waals surface area contributed by atoms with Crippen LogP contribution in [0.1, 0.15) is 49.1 Å². The molecule has 1 aliphatic carbocycles. The quantitative estimate of drug-likeness (QED) is 0.676. The highest BCUT2D eigenvalue weighted by Crippen LogP contribution is 2.51. The van der Waals surface area contributed by atoms with Crippen LogP contribution in [0.15, 0.2) is 47.6 Å². The molecule has 0 N–H and O–H groups in total. The minimum absolute atomic E-state index is 0.151. The summed E-state index contributed by atoms with van der Waals surface area (Å²) in [5.74, 6) is -0.151. The molecule has 1 saturated heterocycles. The second-order valence-corrected chi connectivity index (χ2v) is 9.41. The zero-order valence-electron chi connectivity index (χ0n) is 17.4. The number of benzene rings is 1. The average molecular weight is 403 g/mol. The van der Waals surface area contributed by atoms with E-state index < -0.39 is 11.2 Å². The zero-order chi connectivity index (χ0) is 20.6. The lowest BCUT2D eigenvalue weighted by Crippen LogP contribution is -2.47. The Morgan fingerprint density at radius 3 is 2.37 bits per heavy atom. The van der Waals surface area contributed by atoms with E-state index in [1.165, 1.54) is 16.7 Å². The second-order valence-electron chi connectivity index (χ2n) is 9.41. The van der Waals surface area contributed by atoms with Gasteiger partial charge in [-0.15, -0.1) is 0 Å². The summed E-state index contributed by atoms with van der Waals surface area (Å²) >= 11 is 0. The highest BCUT2D eigenvalue weighted by atomic mass is 16.5. The molecule has 2 spiro atoms. The van der Waals surface area contributed by atoms with Gasteiger partial charge in [0.1, 0.15) is 5.60 Å². The van der Waals surface area contributed by atoms with E-state index in [2.05, 4.69) is 46.9 Å². The predicted molar refractivity (Wildman–Crippen MR) is 111 cm³/mol. The van der Waals surface area contributed by atoms with Crippen LogP contribution < -0.4 is 0 Å². The van der Waals surface area contributed by atoms with Crippen LogP contribution in [-0.2, 0) is 38.3 Å². The standard InChI is InChI=1S/C24H25N3O3/c1-22(2)19-18(8-5-11-25-19)23(30-22)9-12-27(13-10-23)21-26-20(28)24(29-21)14-16-6-3-4-7-17(16)15-24/h3-8,11H,9-10,12-15H2,1-2H3. The molecule has 4 heterocycles. The number of hydrogen-bond donors (Lipinski definition) is 0. The molecule has 1 aromatic heterocycles. The van der Waals surface area contributed by atoms with Gasteiger partial charge in [0.2, 0.25) is 5.60 Å². The first-order chi connectivity index (χ1) is 14.4. The molecule has 2 aromatic rings. The fourth-order valence-corrected chi connectivity index (χ4v) is 5.64. The number of amides is 1. The molecule has 6 rings (SSSR count). The molecule has 30 heavy (non-hydrogen) atoms. The number of amidine groups is 1. The fourth-order valence-electron chi connectivity index (χ4n) is 5.64. The number of pyridine rings is 1. The zero-order valence-corrected chi connectivity index (χ0v) is 17.4. The van der Waals surface area contributed by atoms with Gasteiger partial charge in [-0.05, 0) is 43.9 Å². The number of ether oxygens (including phenoxy) is 2. The molecule has 0 unspecified atom stereocenters. The predicted octanol–water partition coefficient (Wildman–Crippen LogP) is 3.09. The largest absolute Gasteiger partial charge is 0.447 e. The third-order valence-corrected chi connectivity index (χ3v) is 7.11. The molecule has 6 nitrogen and oxygen atoms in total. The summed E-state index contributed by atoms with van der Waals surface area (Å²) in [6.45, 7) is 5.65. The Labute approximate surface area is 175 Å². The van der Waals surface area contributed by atoms with Crippen molar-refractivity contribution >= 4 is 11.9 Å². The number of piperidine rings is 1. The Hall–Kier alpha value is -2.73. The summed E-state index contributed by atoms with van der Waals surface area (Å²) in [5.41, 5.74) is 3.03. The second kappa shape index (κ2) is 5.91. The van der Waals surface area contributed by atoms with Crippen molar-refractivity contribution in [3.05, 3.63) is 65.0 Å². The van der Waals surface area contributed by atoms with Crippen LogP contribution in [-0.4, -0.2) is 40.5 Å². The van der Waals surface area contributed by atoms with Crippen LogP contribution in [0.5, 0.6) is 0 Å². The molecule has 1 fully saturated rings. The Kier molecular flexibility index (Phi) is 3.56. The molecule has 4 aliphatic rings. The molecule has 1 amide bonds. The summed E-state index contributed by atoms with van der Waals surface area (Å²) in [6, 6.07) is 12.8. The number of nitrogens with zero attached hydrogens (tertiary/aromatic N) is 3. The van der Waals surface area contributed by atoms with Crippen molar-refractivity contribution in [3.63, 3.8) is 0 Å². The van der Waals surface area contributed by atoms with Crippen molar-refractivity contribution in [2.24, 2.45) is 4.99 Å². The first-order valence-electron chi connectivity index (χ1n) is 10.7. The molecular weight excluding hydrogens is 378 g/mol. The number of aliphatic imine (C=N–C) groups is 1. The SMILES string of the molecule is CC1(C)OC2(CCN(C3=NC(=O)C4(Cc5ccccc5C4)O3)CC2)c2cccnc21. The van der Waals surface area contributed by atoms with Crippen LogP contribution in [0.3, 0.4) is 0 Å². The smallest absolute Gasteiger partial charge is 0.296 e. The van der Waals surface area contributed by atoms with Crippen molar-refractivity contribution < 1.29 is 14.3 Å². The number of carbonyl (C=O) groups excluding carboxylic acids is 1. The van der Waals surface area contributed by atoms with E-state index in [1.807, 2.05) is 24.4 Å². The minimum atomic E-state index is -0.851. The number of carbonyl (C=O) groups is 1. The Bertz CT molecular complexity index is 1060. The molecule has 0 saturated carbocycles. The van der Waals surface area contributed by atoms with Crippen LogP contribution in [0.25, 0.3) is 0 Å². The van der Waals surface area contributed by atoms with Gasteiger partial charge < -0.3 is 14.4 Å². The summed E-state index contributed by atoms with van der Waals surface area (Å²) in [6.07, 6.45) is 4.67. The molecule has 0 radical (unpaired) electrons. The normalized spacial score (nSPS) is 24.7. The van der Waals surface area contributed by atoms with Gasteiger partial charge in [-0.1, -0.05) is 30.3 Å². The highest BCUT2D eigenvalue weighted by molar-refractivity contribution is 6.02. The van der Waals surface area contributed by atoms with Gasteiger partial charge in [-0.3, -0.25) is 9.78 Å². The Morgan fingerprint density at radius 2 is 1.67 bits per heavy atom. The number of rotatable bonds is 0. The van der Waals surface area contributed by atoms with Crippen molar-refractivity contribution in [2.45, 2.75) is 56.3 Å². The number of likely N-dealkylation sites (tertiary alicyclic amines) is 1. The molecule has 0 bridgehead atoms. The number of fused-ring (bicyclic) bond motifs is 3. The van der Waals surface area contributed by atoms with E-state index in [1.54, 1.807) is 0 Å².